The topological polar surface area (TPSA) is 99.1 Å². The molecule has 0 saturated carbocycles. The minimum Gasteiger partial charge on any atom is -0.461 e. The number of carbonyl (C=O) groups is 3. The first-order valence-electron chi connectivity index (χ1n) is 10.9. The number of aliphatic hydroxyl groups excluding tert-OH is 1. The molecule has 0 radical (unpaired) electrons. The van der Waals surface area contributed by atoms with Crippen LogP contribution in [0.25, 0.3) is 0 Å². The normalized spacial score (nSPS) is 20.8. The van der Waals surface area contributed by atoms with Crippen LogP contribution in [-0.2, 0) is 14.2 Å². The van der Waals surface area contributed by atoms with Crippen molar-refractivity contribution in [1.29, 1.82) is 0 Å². The molecule has 1 unspecified atom stereocenters. The van der Waals surface area contributed by atoms with Crippen LogP contribution in [0.4, 0.5) is 0 Å². The number of thioether (sulfide) groups is 1. The third kappa shape index (κ3) is 6.97. The Bertz CT molecular complexity index is 1270. The van der Waals surface area contributed by atoms with Gasteiger partial charge in [-0.3, -0.25) is 0 Å². The van der Waals surface area contributed by atoms with Crippen molar-refractivity contribution < 1.29 is 33.7 Å². The molecule has 0 aliphatic carbocycles. The summed E-state index contributed by atoms with van der Waals surface area (Å²) in [6.45, 7) is -0.225. The van der Waals surface area contributed by atoms with Crippen LogP contribution in [0.15, 0.2) is 72.8 Å². The van der Waals surface area contributed by atoms with Crippen LogP contribution >= 0.6 is 46.6 Å². The Labute approximate surface area is 231 Å². The number of ether oxygens (including phenoxy) is 3. The van der Waals surface area contributed by atoms with Gasteiger partial charge in [0.15, 0.2) is 12.2 Å². The molecule has 1 aliphatic rings. The number of rotatable bonds is 7. The summed E-state index contributed by atoms with van der Waals surface area (Å²) in [6.07, 6.45) is -2.36. The first-order chi connectivity index (χ1) is 17.7. The summed E-state index contributed by atoms with van der Waals surface area (Å²) in [7, 11) is 0. The molecule has 1 saturated heterocycles. The predicted octanol–water partition coefficient (Wildman–Crippen LogP) is 5.69. The van der Waals surface area contributed by atoms with E-state index in [1.54, 1.807) is 12.1 Å². The van der Waals surface area contributed by atoms with E-state index in [1.807, 2.05) is 0 Å². The molecule has 0 amide bonds. The third-order valence-electron chi connectivity index (χ3n) is 5.39. The van der Waals surface area contributed by atoms with E-state index in [4.69, 9.17) is 49.0 Å². The molecule has 0 bridgehead atoms. The average Bonchev–Trinajstić information content (AvgIpc) is 3.17. The van der Waals surface area contributed by atoms with Gasteiger partial charge in [0, 0.05) is 15.1 Å². The minimum absolute atomic E-state index is 0.196. The van der Waals surface area contributed by atoms with Gasteiger partial charge in [-0.2, -0.15) is 0 Å². The highest BCUT2D eigenvalue weighted by atomic mass is 35.5. The van der Waals surface area contributed by atoms with E-state index in [2.05, 4.69) is 0 Å². The van der Waals surface area contributed by atoms with Gasteiger partial charge < -0.3 is 19.3 Å². The van der Waals surface area contributed by atoms with Crippen LogP contribution in [0.3, 0.4) is 0 Å². The molecule has 1 aliphatic heterocycles. The summed E-state index contributed by atoms with van der Waals surface area (Å²) in [5.74, 6) is -2.10. The monoisotopic (exact) mass is 580 g/mol. The number of hydrogen-bond donors (Lipinski definition) is 1. The summed E-state index contributed by atoms with van der Waals surface area (Å²) in [6, 6.07) is 18.1. The maximum Gasteiger partial charge on any atom is 0.338 e. The molecule has 4 rings (SSSR count). The van der Waals surface area contributed by atoms with Crippen LogP contribution in [0.2, 0.25) is 15.1 Å². The lowest BCUT2D eigenvalue weighted by molar-refractivity contribution is -0.0557. The fourth-order valence-corrected chi connectivity index (χ4v) is 5.11. The van der Waals surface area contributed by atoms with E-state index in [0.717, 1.165) is 11.8 Å². The van der Waals surface area contributed by atoms with E-state index in [9.17, 15) is 19.5 Å². The van der Waals surface area contributed by atoms with Gasteiger partial charge in [0.1, 0.15) is 12.0 Å². The molecule has 1 fully saturated rings. The summed E-state index contributed by atoms with van der Waals surface area (Å²) >= 11 is 18.6. The van der Waals surface area contributed by atoms with Gasteiger partial charge in [-0.15, -0.1) is 11.8 Å². The van der Waals surface area contributed by atoms with Crippen molar-refractivity contribution in [2.75, 3.05) is 6.61 Å². The van der Waals surface area contributed by atoms with Gasteiger partial charge in [0.2, 0.25) is 0 Å². The number of carbonyl (C=O) groups excluding carboxylic acids is 3. The fraction of sp³-hybridized carbons (Fsp3) is 0.192. The van der Waals surface area contributed by atoms with Crippen molar-refractivity contribution in [3.63, 3.8) is 0 Å². The molecule has 1 heterocycles. The Hall–Kier alpha value is -2.75. The molecular weight excluding hydrogens is 563 g/mol. The molecule has 37 heavy (non-hydrogen) atoms. The van der Waals surface area contributed by atoms with E-state index >= 15 is 0 Å². The first kappa shape index (κ1) is 27.3. The van der Waals surface area contributed by atoms with Crippen molar-refractivity contribution in [3.05, 3.63) is 105 Å². The van der Waals surface area contributed by atoms with Crippen LogP contribution in [-0.4, -0.2) is 52.5 Å². The quantitative estimate of drug-likeness (QED) is 0.281. The highest BCUT2D eigenvalue weighted by Crippen LogP contribution is 2.38. The smallest absolute Gasteiger partial charge is 0.338 e. The van der Waals surface area contributed by atoms with E-state index in [0.29, 0.717) is 15.1 Å². The zero-order valence-electron chi connectivity index (χ0n) is 18.9. The van der Waals surface area contributed by atoms with Gasteiger partial charge in [-0.1, -0.05) is 34.8 Å². The van der Waals surface area contributed by atoms with Gasteiger partial charge in [-0.05, 0) is 72.8 Å². The number of aliphatic hydroxyl groups is 1. The predicted molar refractivity (Wildman–Crippen MR) is 140 cm³/mol. The maximum atomic E-state index is 12.9. The van der Waals surface area contributed by atoms with Crippen LogP contribution in [0.1, 0.15) is 31.1 Å². The summed E-state index contributed by atoms with van der Waals surface area (Å²) in [5, 5.41) is 11.3. The lowest BCUT2D eigenvalue weighted by Gasteiger charge is -2.24. The zero-order chi connectivity index (χ0) is 26.5. The van der Waals surface area contributed by atoms with Gasteiger partial charge >= 0.3 is 17.9 Å². The Morgan fingerprint density at radius 3 is 1.46 bits per heavy atom. The molecule has 3 aromatic rings. The van der Waals surface area contributed by atoms with E-state index in [-0.39, 0.29) is 23.3 Å². The third-order valence-corrected chi connectivity index (χ3v) is 7.45. The second-order valence-corrected chi connectivity index (χ2v) is 10.6. The highest BCUT2D eigenvalue weighted by molar-refractivity contribution is 8.00. The standard InChI is InChI=1S/C26H19Cl3O7S/c27-17-7-1-14(2-8-17)23(30)34-13-20-21(35-24(31)15-3-9-18(28)10-4-15)22(26(33)37-20)36-25(32)16-5-11-19(29)12-6-16/h1-12,20-22,26,33H,13H2/t20-,21-,22-,26?/m0/s1. The molecule has 11 heteroatoms. The van der Waals surface area contributed by atoms with Crippen molar-refractivity contribution in [2.24, 2.45) is 0 Å². The van der Waals surface area contributed by atoms with Crippen LogP contribution in [0, 0.1) is 0 Å². The van der Waals surface area contributed by atoms with Crippen molar-refractivity contribution >= 4 is 64.5 Å². The van der Waals surface area contributed by atoms with Crippen LogP contribution in [0.5, 0.6) is 0 Å². The molecule has 7 nitrogen and oxygen atoms in total. The van der Waals surface area contributed by atoms with Gasteiger partial charge in [0.05, 0.1) is 21.9 Å². The highest BCUT2D eigenvalue weighted by Gasteiger charge is 2.49. The number of halogens is 3. The first-order valence-corrected chi connectivity index (χ1v) is 13.0. The SMILES string of the molecule is O=C(OC[C@@H]1SC(O)[C@@H](OC(=O)c2ccc(Cl)cc2)[C@H]1OC(=O)c1ccc(Cl)cc1)c1ccc(Cl)cc1. The summed E-state index contributed by atoms with van der Waals surface area (Å²) in [4.78, 5) is 38.1. The van der Waals surface area contributed by atoms with Crippen LogP contribution < -0.4 is 0 Å². The Kier molecular flexibility index (Phi) is 9.00. The van der Waals surface area contributed by atoms with Crippen molar-refractivity contribution in [1.82, 2.24) is 0 Å². The Balaban J connectivity index is 1.52. The number of benzene rings is 3. The van der Waals surface area contributed by atoms with Gasteiger partial charge in [-0.25, -0.2) is 14.4 Å². The molecule has 3 aromatic carbocycles. The lowest BCUT2D eigenvalue weighted by atomic mass is 10.1. The zero-order valence-corrected chi connectivity index (χ0v) is 22.0. The van der Waals surface area contributed by atoms with Crippen molar-refractivity contribution in [2.45, 2.75) is 22.9 Å². The number of esters is 3. The molecule has 4 atom stereocenters. The summed E-state index contributed by atoms with van der Waals surface area (Å²) < 4.78 is 16.6. The number of hydrogen-bond acceptors (Lipinski definition) is 8. The van der Waals surface area contributed by atoms with E-state index < -0.39 is 40.8 Å². The molecule has 0 spiro atoms. The average molecular weight is 582 g/mol. The summed E-state index contributed by atoms with van der Waals surface area (Å²) in [5.41, 5.74) is -0.579. The molecule has 1 N–H and O–H groups in total. The van der Waals surface area contributed by atoms with E-state index in [1.165, 1.54) is 60.7 Å². The maximum absolute atomic E-state index is 12.9. The van der Waals surface area contributed by atoms with Crippen molar-refractivity contribution in [3.8, 4) is 0 Å². The minimum atomic E-state index is -1.25. The van der Waals surface area contributed by atoms with Gasteiger partial charge in [0.25, 0.3) is 0 Å². The molecule has 0 aromatic heterocycles. The largest absolute Gasteiger partial charge is 0.461 e. The lowest BCUT2D eigenvalue weighted by Crippen LogP contribution is -2.41. The second-order valence-electron chi connectivity index (χ2n) is 7.92. The second kappa shape index (κ2) is 12.2. The Morgan fingerprint density at radius 2 is 1.03 bits per heavy atom. The fourth-order valence-electron chi connectivity index (χ4n) is 3.49. The molecule has 192 valence electrons. The molecular formula is C26H19Cl3O7S. The Morgan fingerprint density at radius 1 is 0.649 bits per heavy atom.